The smallest absolute Gasteiger partial charge is 0.305 e. The number of hydrogen-bond donors (Lipinski definition) is 0. The fourth-order valence-electron chi connectivity index (χ4n) is 9.94. The molecular formula is C59H113N3O6. The van der Waals surface area contributed by atoms with E-state index in [9.17, 15) is 19.2 Å². The summed E-state index contributed by atoms with van der Waals surface area (Å²) in [5, 5.41) is 0. The second-order valence-corrected chi connectivity index (χ2v) is 21.1. The molecule has 9 nitrogen and oxygen atoms in total. The molecule has 0 aromatic heterocycles. The van der Waals surface area contributed by atoms with E-state index in [0.717, 1.165) is 64.5 Å². The summed E-state index contributed by atoms with van der Waals surface area (Å²) in [7, 11) is 0. The molecule has 0 radical (unpaired) electrons. The van der Waals surface area contributed by atoms with Crippen LogP contribution < -0.4 is 0 Å². The van der Waals surface area contributed by atoms with E-state index in [4.69, 9.17) is 9.47 Å². The predicted octanol–water partition coefficient (Wildman–Crippen LogP) is 15.2. The molecule has 1 aliphatic heterocycles. The molecule has 1 atom stereocenters. The molecule has 0 bridgehead atoms. The van der Waals surface area contributed by atoms with E-state index in [0.29, 0.717) is 89.1 Å². The third kappa shape index (κ3) is 38.7. The molecular weight excluding hydrogens is 847 g/mol. The van der Waals surface area contributed by atoms with Crippen molar-refractivity contribution in [1.82, 2.24) is 14.7 Å². The van der Waals surface area contributed by atoms with E-state index in [2.05, 4.69) is 49.3 Å². The first-order valence-electron chi connectivity index (χ1n) is 29.8. The zero-order valence-corrected chi connectivity index (χ0v) is 45.9. The number of ketones is 1. The average Bonchev–Trinajstić information content (AvgIpc) is 3.33. The van der Waals surface area contributed by atoms with Gasteiger partial charge in [-0.15, -0.1) is 0 Å². The Hall–Kier alpha value is -2.00. The van der Waals surface area contributed by atoms with Gasteiger partial charge in [0.1, 0.15) is 5.78 Å². The molecule has 1 rings (SSSR count). The number of likely N-dealkylation sites (tertiary alicyclic amines) is 1. The first kappa shape index (κ1) is 64.0. The van der Waals surface area contributed by atoms with Crippen molar-refractivity contribution in [3.63, 3.8) is 0 Å². The third-order valence-corrected chi connectivity index (χ3v) is 14.7. The van der Waals surface area contributed by atoms with Crippen LogP contribution in [0.5, 0.6) is 0 Å². The van der Waals surface area contributed by atoms with Crippen LogP contribution in [-0.2, 0) is 28.7 Å². The second kappa shape index (κ2) is 47.3. The summed E-state index contributed by atoms with van der Waals surface area (Å²) in [4.78, 5) is 58.4. The van der Waals surface area contributed by atoms with E-state index < -0.39 is 0 Å². The Morgan fingerprint density at radius 1 is 0.441 bits per heavy atom. The highest BCUT2D eigenvalue weighted by Crippen LogP contribution is 2.26. The van der Waals surface area contributed by atoms with Crippen molar-refractivity contribution in [2.45, 2.75) is 279 Å². The van der Waals surface area contributed by atoms with Crippen LogP contribution in [0.25, 0.3) is 0 Å². The van der Waals surface area contributed by atoms with Gasteiger partial charge in [0, 0.05) is 38.8 Å². The van der Waals surface area contributed by atoms with Crippen molar-refractivity contribution >= 4 is 23.6 Å². The van der Waals surface area contributed by atoms with Crippen molar-refractivity contribution in [3.8, 4) is 0 Å². The van der Waals surface area contributed by atoms with Gasteiger partial charge in [-0.2, -0.15) is 0 Å². The number of Topliss-reactive ketones (excluding diaryl/α,β-unsaturated/α-hetero) is 1. The second-order valence-electron chi connectivity index (χ2n) is 21.1. The maximum absolute atomic E-state index is 13.6. The first-order valence-corrected chi connectivity index (χ1v) is 29.8. The Bertz CT molecular complexity index is 1130. The van der Waals surface area contributed by atoms with Crippen molar-refractivity contribution in [2.75, 3.05) is 65.6 Å². The Kier molecular flexibility index (Phi) is 44.6. The average molecular weight is 961 g/mol. The molecule has 0 N–H and O–H groups in total. The number of unbranched alkanes of at least 4 members (excludes halogenated alkanes) is 20. The van der Waals surface area contributed by atoms with Gasteiger partial charge in [0.15, 0.2) is 0 Å². The highest BCUT2D eigenvalue weighted by molar-refractivity contribution is 5.80. The van der Waals surface area contributed by atoms with Gasteiger partial charge in [-0.1, -0.05) is 176 Å². The quantitative estimate of drug-likeness (QED) is 0.0439. The molecule has 1 saturated heterocycles. The minimum Gasteiger partial charge on any atom is -0.466 e. The van der Waals surface area contributed by atoms with E-state index in [1.165, 1.54) is 174 Å². The van der Waals surface area contributed by atoms with Gasteiger partial charge in [-0.3, -0.25) is 24.1 Å². The topological polar surface area (TPSA) is 96.5 Å². The molecule has 1 heterocycles. The number of nitrogens with zero attached hydrogens (tertiary/aromatic N) is 3. The Balaban J connectivity index is 2.65. The van der Waals surface area contributed by atoms with E-state index in [-0.39, 0.29) is 17.7 Å². The van der Waals surface area contributed by atoms with Crippen LogP contribution in [0.4, 0.5) is 0 Å². The summed E-state index contributed by atoms with van der Waals surface area (Å²) in [5.41, 5.74) is 0. The fraction of sp³-hybridized carbons (Fsp3) is 0.932. The van der Waals surface area contributed by atoms with Crippen LogP contribution in [0.2, 0.25) is 0 Å². The van der Waals surface area contributed by atoms with Crippen LogP contribution in [0.15, 0.2) is 0 Å². The standard InChI is InChI=1S/C59H113N3O6/c1-6-11-16-19-22-25-28-34-54(41-48-60(44-29-26-23-20-17-12-7-2)45-30-27-24-21-18-13-8-3)35-31-36-57(64)62-49-42-55(43-50-62)39-40-56(63)53-61(46-32-37-58(65)67-51-14-9-4)47-33-38-59(66)68-52-15-10-5/h54-55H,6-53H2,1-5H3. The number of carbonyl (C=O) groups is 4. The molecule has 400 valence electrons. The fourth-order valence-corrected chi connectivity index (χ4v) is 9.94. The van der Waals surface area contributed by atoms with Gasteiger partial charge in [0.05, 0.1) is 19.8 Å². The molecule has 0 spiro atoms. The molecule has 0 saturated carbocycles. The molecule has 0 aromatic carbocycles. The molecule has 1 fully saturated rings. The van der Waals surface area contributed by atoms with Gasteiger partial charge in [-0.25, -0.2) is 0 Å². The summed E-state index contributed by atoms with van der Waals surface area (Å²) in [6.07, 6.45) is 43.1. The van der Waals surface area contributed by atoms with Crippen LogP contribution in [0.1, 0.15) is 279 Å². The summed E-state index contributed by atoms with van der Waals surface area (Å²) >= 11 is 0. The lowest BCUT2D eigenvalue weighted by Gasteiger charge is -2.32. The Labute approximate surface area is 421 Å². The normalized spacial score (nSPS) is 13.7. The van der Waals surface area contributed by atoms with Gasteiger partial charge in [0.25, 0.3) is 0 Å². The maximum atomic E-state index is 13.6. The van der Waals surface area contributed by atoms with Gasteiger partial charge in [-0.05, 0) is 122 Å². The minimum absolute atomic E-state index is 0.183. The number of piperidine rings is 1. The van der Waals surface area contributed by atoms with E-state index >= 15 is 0 Å². The summed E-state index contributed by atoms with van der Waals surface area (Å²) in [6, 6.07) is 0. The molecule has 1 aliphatic rings. The lowest BCUT2D eigenvalue weighted by atomic mass is 9.90. The summed E-state index contributed by atoms with van der Waals surface area (Å²) < 4.78 is 10.7. The highest BCUT2D eigenvalue weighted by Gasteiger charge is 2.24. The number of amides is 1. The molecule has 1 amide bonds. The summed E-state index contributed by atoms with van der Waals surface area (Å²) in [5.74, 6) is 1.35. The molecule has 9 heteroatoms. The molecule has 1 unspecified atom stereocenters. The van der Waals surface area contributed by atoms with Gasteiger partial charge < -0.3 is 19.3 Å². The maximum Gasteiger partial charge on any atom is 0.305 e. The zero-order valence-electron chi connectivity index (χ0n) is 45.9. The van der Waals surface area contributed by atoms with Crippen molar-refractivity contribution < 1.29 is 28.7 Å². The van der Waals surface area contributed by atoms with Crippen LogP contribution in [-0.4, -0.2) is 104 Å². The SMILES string of the molecule is CCCCCCCCCC(CCCC(=O)N1CCC(CCC(=O)CN(CCCC(=O)OCCCC)CCCC(=O)OCCCC)CC1)CCN(CCCCCCCCC)CCCCCCCCC. The third-order valence-electron chi connectivity index (χ3n) is 14.7. The largest absolute Gasteiger partial charge is 0.466 e. The summed E-state index contributed by atoms with van der Waals surface area (Å²) in [6.45, 7) is 18.9. The molecule has 0 aromatic rings. The van der Waals surface area contributed by atoms with Gasteiger partial charge in [0.2, 0.25) is 5.91 Å². The van der Waals surface area contributed by atoms with Crippen molar-refractivity contribution in [3.05, 3.63) is 0 Å². The van der Waals surface area contributed by atoms with Crippen molar-refractivity contribution in [1.29, 1.82) is 0 Å². The number of carbonyl (C=O) groups excluding carboxylic acids is 4. The first-order chi connectivity index (χ1) is 33.3. The van der Waals surface area contributed by atoms with E-state index in [1.54, 1.807) is 0 Å². The minimum atomic E-state index is -0.183. The zero-order chi connectivity index (χ0) is 49.6. The number of ether oxygens (including phenoxy) is 2. The highest BCUT2D eigenvalue weighted by atomic mass is 16.5. The Morgan fingerprint density at radius 2 is 0.868 bits per heavy atom. The Morgan fingerprint density at radius 3 is 1.35 bits per heavy atom. The van der Waals surface area contributed by atoms with Crippen LogP contribution >= 0.6 is 0 Å². The lowest BCUT2D eigenvalue weighted by molar-refractivity contribution is -0.144. The molecule has 0 aliphatic carbocycles. The number of esters is 2. The monoisotopic (exact) mass is 960 g/mol. The van der Waals surface area contributed by atoms with E-state index in [1.807, 2.05) is 0 Å². The van der Waals surface area contributed by atoms with Crippen LogP contribution in [0, 0.1) is 11.8 Å². The predicted molar refractivity (Wildman–Crippen MR) is 287 cm³/mol. The number of hydrogen-bond acceptors (Lipinski definition) is 8. The van der Waals surface area contributed by atoms with Gasteiger partial charge >= 0.3 is 11.9 Å². The van der Waals surface area contributed by atoms with Crippen molar-refractivity contribution in [2.24, 2.45) is 11.8 Å². The van der Waals surface area contributed by atoms with Crippen LogP contribution in [0.3, 0.4) is 0 Å². The molecule has 68 heavy (non-hydrogen) atoms. The lowest BCUT2D eigenvalue weighted by Crippen LogP contribution is -2.38. The number of rotatable bonds is 50.